The average Bonchev–Trinajstić information content (AvgIpc) is 2.67. The van der Waals surface area contributed by atoms with E-state index in [1.807, 2.05) is 6.92 Å². The molecule has 0 saturated carbocycles. The third-order valence-electron chi connectivity index (χ3n) is 5.06. The summed E-state index contributed by atoms with van der Waals surface area (Å²) in [5, 5.41) is 8.66. The van der Waals surface area contributed by atoms with Crippen LogP contribution in [0.15, 0.2) is 12.2 Å². The molecule has 0 aliphatic rings. The number of esters is 1. The van der Waals surface area contributed by atoms with Crippen LogP contribution in [-0.2, 0) is 14.3 Å². The lowest BCUT2D eigenvalue weighted by Gasteiger charge is -2.15. The Hall–Kier alpha value is -1.32. The maximum atomic E-state index is 11.9. The number of ether oxygens (including phenoxy) is 1. The summed E-state index contributed by atoms with van der Waals surface area (Å²) < 4.78 is 5.45. The Labute approximate surface area is 173 Å². The van der Waals surface area contributed by atoms with Gasteiger partial charge in [0.1, 0.15) is 6.10 Å². The van der Waals surface area contributed by atoms with Crippen molar-refractivity contribution in [3.63, 3.8) is 0 Å². The summed E-state index contributed by atoms with van der Waals surface area (Å²) in [6, 6.07) is 0. The quantitative estimate of drug-likeness (QED) is 0.134. The Bertz CT molecular complexity index is 403. The highest BCUT2D eigenvalue weighted by atomic mass is 16.5. The Morgan fingerprint density at radius 2 is 1.36 bits per heavy atom. The van der Waals surface area contributed by atoms with E-state index < -0.39 is 5.97 Å². The van der Waals surface area contributed by atoms with Crippen molar-refractivity contribution in [3.05, 3.63) is 12.2 Å². The van der Waals surface area contributed by atoms with Crippen LogP contribution in [0.2, 0.25) is 0 Å². The van der Waals surface area contributed by atoms with Gasteiger partial charge in [-0.25, -0.2) is 0 Å². The van der Waals surface area contributed by atoms with Crippen LogP contribution < -0.4 is 0 Å². The van der Waals surface area contributed by atoms with E-state index in [9.17, 15) is 9.59 Å². The van der Waals surface area contributed by atoms with Crippen LogP contribution in [0.25, 0.3) is 0 Å². The van der Waals surface area contributed by atoms with E-state index in [0.29, 0.717) is 19.3 Å². The third kappa shape index (κ3) is 19.4. The van der Waals surface area contributed by atoms with E-state index in [0.717, 1.165) is 19.3 Å². The van der Waals surface area contributed by atoms with Gasteiger partial charge in [-0.1, -0.05) is 70.9 Å². The topological polar surface area (TPSA) is 63.6 Å². The number of hydrogen-bond acceptors (Lipinski definition) is 3. The second-order valence-electron chi connectivity index (χ2n) is 7.79. The van der Waals surface area contributed by atoms with Crippen molar-refractivity contribution < 1.29 is 19.4 Å². The van der Waals surface area contributed by atoms with Gasteiger partial charge in [-0.05, 0) is 51.4 Å². The van der Waals surface area contributed by atoms with Crippen LogP contribution in [-0.4, -0.2) is 23.1 Å². The van der Waals surface area contributed by atoms with Gasteiger partial charge in [-0.15, -0.1) is 0 Å². The zero-order chi connectivity index (χ0) is 20.9. The smallest absolute Gasteiger partial charge is 0.306 e. The lowest BCUT2D eigenvalue weighted by Crippen LogP contribution is -2.17. The molecule has 4 nitrogen and oxygen atoms in total. The normalized spacial score (nSPS) is 12.4. The van der Waals surface area contributed by atoms with E-state index in [2.05, 4.69) is 19.1 Å². The number of carbonyl (C=O) groups excluding carboxylic acids is 1. The van der Waals surface area contributed by atoms with Crippen LogP contribution in [0.5, 0.6) is 0 Å². The third-order valence-corrected chi connectivity index (χ3v) is 5.06. The van der Waals surface area contributed by atoms with Crippen LogP contribution >= 0.6 is 0 Å². The van der Waals surface area contributed by atoms with Gasteiger partial charge in [0.2, 0.25) is 0 Å². The van der Waals surface area contributed by atoms with Gasteiger partial charge in [0.05, 0.1) is 0 Å². The number of carboxylic acid groups (broad SMARTS) is 1. The molecule has 0 aromatic rings. The first-order valence-corrected chi connectivity index (χ1v) is 11.7. The molecule has 0 saturated heterocycles. The minimum absolute atomic E-state index is 0.134. The summed E-state index contributed by atoms with van der Waals surface area (Å²) in [6.45, 7) is 4.22. The molecule has 0 aromatic heterocycles. The molecular formula is C24H44O4. The lowest BCUT2D eigenvalue weighted by atomic mass is 10.1. The highest BCUT2D eigenvalue weighted by Gasteiger charge is 2.12. The number of hydrogen-bond donors (Lipinski definition) is 1. The first-order valence-electron chi connectivity index (χ1n) is 11.7. The fourth-order valence-electron chi connectivity index (χ4n) is 3.24. The van der Waals surface area contributed by atoms with E-state index >= 15 is 0 Å². The van der Waals surface area contributed by atoms with Gasteiger partial charge in [0, 0.05) is 12.8 Å². The zero-order valence-electron chi connectivity index (χ0n) is 18.4. The molecule has 28 heavy (non-hydrogen) atoms. The molecule has 4 heteroatoms. The molecule has 0 amide bonds. The number of rotatable bonds is 20. The minimum Gasteiger partial charge on any atom is -0.481 e. The van der Waals surface area contributed by atoms with Crippen molar-refractivity contribution in [1.82, 2.24) is 0 Å². The zero-order valence-corrected chi connectivity index (χ0v) is 18.4. The Morgan fingerprint density at radius 3 is 1.93 bits per heavy atom. The molecule has 1 unspecified atom stereocenters. The van der Waals surface area contributed by atoms with E-state index in [4.69, 9.17) is 9.84 Å². The number of allylic oxidation sites excluding steroid dienone is 2. The maximum absolute atomic E-state index is 11.9. The fourth-order valence-corrected chi connectivity index (χ4v) is 3.24. The highest BCUT2D eigenvalue weighted by molar-refractivity contribution is 5.69. The largest absolute Gasteiger partial charge is 0.481 e. The predicted molar refractivity (Wildman–Crippen MR) is 116 cm³/mol. The number of carboxylic acids is 1. The summed E-state index contributed by atoms with van der Waals surface area (Å²) in [5.41, 5.74) is 0. The SMILES string of the molecule is CCCCCCC/C=C\CCCCCCCC(=O)OC(CC)CCCC(=O)O. The summed E-state index contributed by atoms with van der Waals surface area (Å²) in [7, 11) is 0. The fraction of sp³-hybridized carbons (Fsp3) is 0.833. The van der Waals surface area contributed by atoms with Gasteiger partial charge < -0.3 is 9.84 Å². The number of unbranched alkanes of at least 4 members (excludes halogenated alkanes) is 10. The van der Waals surface area contributed by atoms with Crippen molar-refractivity contribution in [1.29, 1.82) is 0 Å². The van der Waals surface area contributed by atoms with Crippen LogP contribution in [0.1, 0.15) is 123 Å². The minimum atomic E-state index is -0.793. The average molecular weight is 397 g/mol. The molecule has 0 heterocycles. The Morgan fingerprint density at radius 1 is 0.786 bits per heavy atom. The summed E-state index contributed by atoms with van der Waals surface area (Å²) in [6.07, 6.45) is 21.8. The lowest BCUT2D eigenvalue weighted by molar-refractivity contribution is -0.149. The van der Waals surface area contributed by atoms with E-state index in [1.54, 1.807) is 0 Å². The van der Waals surface area contributed by atoms with Crippen LogP contribution in [0.3, 0.4) is 0 Å². The molecule has 1 N–H and O–H groups in total. The van der Waals surface area contributed by atoms with Crippen molar-refractivity contribution >= 4 is 11.9 Å². The van der Waals surface area contributed by atoms with Gasteiger partial charge in [0.15, 0.2) is 0 Å². The molecule has 164 valence electrons. The van der Waals surface area contributed by atoms with E-state index in [-0.39, 0.29) is 18.5 Å². The molecule has 0 spiro atoms. The van der Waals surface area contributed by atoms with Crippen molar-refractivity contribution in [2.75, 3.05) is 0 Å². The highest BCUT2D eigenvalue weighted by Crippen LogP contribution is 2.13. The van der Waals surface area contributed by atoms with Crippen molar-refractivity contribution in [2.24, 2.45) is 0 Å². The second-order valence-corrected chi connectivity index (χ2v) is 7.79. The van der Waals surface area contributed by atoms with Crippen LogP contribution in [0, 0.1) is 0 Å². The standard InChI is InChI=1S/C24H44O4/c1-3-5-6-7-8-9-10-11-12-13-14-15-16-17-21-24(27)28-22(4-2)19-18-20-23(25)26/h10-11,22H,3-9,12-21H2,1-2H3,(H,25,26)/b11-10-. The second kappa shape index (κ2) is 20.4. The molecule has 0 rings (SSSR count). The molecule has 1 atom stereocenters. The summed E-state index contributed by atoms with van der Waals surface area (Å²) >= 11 is 0. The molecule has 0 aliphatic heterocycles. The number of aliphatic carboxylic acids is 1. The molecular weight excluding hydrogens is 352 g/mol. The monoisotopic (exact) mass is 396 g/mol. The van der Waals surface area contributed by atoms with Crippen LogP contribution in [0.4, 0.5) is 0 Å². The molecule has 0 fully saturated rings. The van der Waals surface area contributed by atoms with Gasteiger partial charge >= 0.3 is 11.9 Å². The first kappa shape index (κ1) is 26.7. The molecule has 0 bridgehead atoms. The van der Waals surface area contributed by atoms with Gasteiger partial charge in [-0.3, -0.25) is 9.59 Å². The van der Waals surface area contributed by atoms with Crippen molar-refractivity contribution in [2.45, 2.75) is 129 Å². The first-order chi connectivity index (χ1) is 13.6. The van der Waals surface area contributed by atoms with Gasteiger partial charge in [0.25, 0.3) is 0 Å². The molecule has 0 aromatic carbocycles. The predicted octanol–water partition coefficient (Wildman–Crippen LogP) is 7.21. The summed E-state index contributed by atoms with van der Waals surface area (Å²) in [4.78, 5) is 22.4. The van der Waals surface area contributed by atoms with Gasteiger partial charge in [-0.2, -0.15) is 0 Å². The maximum Gasteiger partial charge on any atom is 0.306 e. The van der Waals surface area contributed by atoms with Crippen molar-refractivity contribution in [3.8, 4) is 0 Å². The molecule has 0 aliphatic carbocycles. The van der Waals surface area contributed by atoms with E-state index in [1.165, 1.54) is 64.2 Å². The summed E-state index contributed by atoms with van der Waals surface area (Å²) in [5.74, 6) is -0.928. The number of carbonyl (C=O) groups is 2. The molecule has 0 radical (unpaired) electrons. The Balaban J connectivity index is 3.47. The Kier molecular flexibility index (Phi) is 19.5.